The predicted octanol–water partition coefficient (Wildman–Crippen LogP) is 3.79. The fourth-order valence-corrected chi connectivity index (χ4v) is 3.42. The van der Waals surface area contributed by atoms with Gasteiger partial charge in [0.1, 0.15) is 11.1 Å². The number of thioether (sulfide) groups is 2. The minimum absolute atomic E-state index is 0.0148. The van der Waals surface area contributed by atoms with Crippen molar-refractivity contribution in [3.05, 3.63) is 54.3 Å². The quantitative estimate of drug-likeness (QED) is 0.460. The van der Waals surface area contributed by atoms with Crippen LogP contribution in [0, 0.1) is 5.82 Å². The van der Waals surface area contributed by atoms with Gasteiger partial charge in [-0.1, -0.05) is 12.1 Å². The van der Waals surface area contributed by atoms with Crippen LogP contribution in [-0.4, -0.2) is 41.6 Å². The molecule has 29 heavy (non-hydrogen) atoms. The first-order valence-corrected chi connectivity index (χ1v) is 10.9. The number of anilines is 2. The average Bonchev–Trinajstić information content (AvgIpc) is 2.72. The number of ether oxygens (including phenoxy) is 1. The van der Waals surface area contributed by atoms with E-state index in [1.807, 2.05) is 18.4 Å². The molecule has 0 saturated carbocycles. The number of halogens is 1. The lowest BCUT2D eigenvalue weighted by atomic mass is 10.3. The van der Waals surface area contributed by atoms with Gasteiger partial charge in [0.05, 0.1) is 11.4 Å². The van der Waals surface area contributed by atoms with Crippen LogP contribution in [0.1, 0.15) is 6.92 Å². The van der Waals surface area contributed by atoms with Crippen molar-refractivity contribution in [2.45, 2.75) is 17.1 Å². The molecule has 2 aromatic carbocycles. The summed E-state index contributed by atoms with van der Waals surface area (Å²) in [5, 5.41) is 4.68. The normalized spacial score (nSPS) is 11.4. The van der Waals surface area contributed by atoms with Gasteiger partial charge in [0.25, 0.3) is 5.91 Å². The molecular weight excluding hydrogens is 415 g/mol. The zero-order valence-corrected chi connectivity index (χ0v) is 17.6. The van der Waals surface area contributed by atoms with Crippen molar-refractivity contribution in [1.29, 1.82) is 0 Å². The molecule has 1 unspecified atom stereocenters. The second-order valence-corrected chi connectivity index (χ2v) is 8.04. The molecule has 1 atom stereocenters. The molecule has 9 heteroatoms. The van der Waals surface area contributed by atoms with E-state index in [0.717, 1.165) is 16.7 Å². The maximum Gasteiger partial charge on any atom is 0.319 e. The maximum atomic E-state index is 12.9. The summed E-state index contributed by atoms with van der Waals surface area (Å²) in [4.78, 5) is 36.9. The maximum absolute atomic E-state index is 12.9. The summed E-state index contributed by atoms with van der Waals surface area (Å²) >= 11 is 2.58. The third kappa shape index (κ3) is 7.78. The Balaban J connectivity index is 1.72. The van der Waals surface area contributed by atoms with Crippen molar-refractivity contribution in [3.63, 3.8) is 0 Å². The van der Waals surface area contributed by atoms with Gasteiger partial charge in [0.15, 0.2) is 6.61 Å². The van der Waals surface area contributed by atoms with E-state index in [1.54, 1.807) is 19.1 Å². The molecule has 0 spiro atoms. The van der Waals surface area contributed by atoms with Gasteiger partial charge in [0.2, 0.25) is 5.91 Å². The van der Waals surface area contributed by atoms with Gasteiger partial charge in [0, 0.05) is 10.6 Å². The van der Waals surface area contributed by atoms with Gasteiger partial charge in [-0.25, -0.2) is 4.39 Å². The van der Waals surface area contributed by atoms with E-state index in [9.17, 15) is 18.8 Å². The Morgan fingerprint density at radius 2 is 1.72 bits per heavy atom. The number of nitrogens with one attached hydrogen (secondary N) is 2. The lowest BCUT2D eigenvalue weighted by Gasteiger charge is -2.12. The zero-order chi connectivity index (χ0) is 21.2. The molecule has 0 fully saturated rings. The number of hydrogen-bond donors (Lipinski definition) is 2. The van der Waals surface area contributed by atoms with Crippen LogP contribution < -0.4 is 10.6 Å². The van der Waals surface area contributed by atoms with Gasteiger partial charge in [-0.05, 0) is 49.6 Å². The fraction of sp³-hybridized carbons (Fsp3) is 0.250. The predicted molar refractivity (Wildman–Crippen MR) is 115 cm³/mol. The topological polar surface area (TPSA) is 84.5 Å². The summed E-state index contributed by atoms with van der Waals surface area (Å²) in [6.45, 7) is 1.19. The summed E-state index contributed by atoms with van der Waals surface area (Å²) in [6.07, 6.45) is 1.90. The Morgan fingerprint density at radius 3 is 2.41 bits per heavy atom. The molecule has 0 aliphatic carbocycles. The minimum atomic E-state index is -0.625. The Bertz CT molecular complexity index is 862. The van der Waals surface area contributed by atoms with Crippen LogP contribution in [0.3, 0.4) is 0 Å². The highest BCUT2D eigenvalue weighted by atomic mass is 32.2. The van der Waals surface area contributed by atoms with Gasteiger partial charge in [-0.15, -0.1) is 23.5 Å². The second kappa shape index (κ2) is 11.5. The summed E-state index contributed by atoms with van der Waals surface area (Å²) in [5.41, 5.74) is 1.12. The Morgan fingerprint density at radius 1 is 1.03 bits per heavy atom. The summed E-state index contributed by atoms with van der Waals surface area (Å²) in [5.74, 6) is -1.73. The van der Waals surface area contributed by atoms with Crippen LogP contribution in [0.2, 0.25) is 0 Å². The molecule has 0 saturated heterocycles. The number of esters is 1. The molecule has 2 aromatic rings. The molecule has 0 bridgehead atoms. The first-order valence-electron chi connectivity index (χ1n) is 8.65. The number of para-hydroxylation sites is 1. The Kier molecular flexibility index (Phi) is 9.01. The van der Waals surface area contributed by atoms with Crippen LogP contribution in [0.5, 0.6) is 0 Å². The minimum Gasteiger partial charge on any atom is -0.455 e. The van der Waals surface area contributed by atoms with Crippen molar-refractivity contribution in [2.75, 3.05) is 29.2 Å². The highest BCUT2D eigenvalue weighted by Crippen LogP contribution is 2.24. The molecule has 2 rings (SSSR count). The Labute approximate surface area is 177 Å². The second-order valence-electron chi connectivity index (χ2n) is 5.86. The van der Waals surface area contributed by atoms with Gasteiger partial charge in [-0.2, -0.15) is 0 Å². The first-order chi connectivity index (χ1) is 13.9. The molecule has 0 aromatic heterocycles. The van der Waals surface area contributed by atoms with Crippen LogP contribution in [0.15, 0.2) is 53.4 Å². The van der Waals surface area contributed by atoms with Gasteiger partial charge >= 0.3 is 5.97 Å². The lowest BCUT2D eigenvalue weighted by Crippen LogP contribution is -2.26. The zero-order valence-electron chi connectivity index (χ0n) is 15.9. The molecular formula is C20H21FN2O4S2. The van der Waals surface area contributed by atoms with Crippen molar-refractivity contribution >= 4 is 52.7 Å². The average molecular weight is 437 g/mol. The van der Waals surface area contributed by atoms with Crippen LogP contribution in [0.25, 0.3) is 0 Å². The molecule has 0 radical (unpaired) electrons. The largest absolute Gasteiger partial charge is 0.455 e. The molecule has 0 heterocycles. The van der Waals surface area contributed by atoms with Crippen molar-refractivity contribution in [1.82, 2.24) is 0 Å². The lowest BCUT2D eigenvalue weighted by molar-refractivity contribution is -0.146. The summed E-state index contributed by atoms with van der Waals surface area (Å²) < 4.78 is 17.9. The van der Waals surface area contributed by atoms with Gasteiger partial charge < -0.3 is 15.4 Å². The highest BCUT2D eigenvalue weighted by Gasteiger charge is 2.18. The summed E-state index contributed by atoms with van der Waals surface area (Å²) in [7, 11) is 0. The van der Waals surface area contributed by atoms with E-state index < -0.39 is 29.6 Å². The van der Waals surface area contributed by atoms with Crippen molar-refractivity contribution in [3.8, 4) is 0 Å². The molecule has 2 amide bonds. The summed E-state index contributed by atoms with van der Waals surface area (Å²) in [6, 6.07) is 12.7. The molecule has 2 N–H and O–H groups in total. The molecule has 0 aliphatic rings. The molecule has 0 aliphatic heterocycles. The SMILES string of the molecule is CSc1ccccc1NC(=O)COC(=O)C(C)SCC(=O)Nc1ccc(F)cc1. The van der Waals surface area contributed by atoms with E-state index in [1.165, 1.54) is 36.0 Å². The van der Waals surface area contributed by atoms with E-state index in [-0.39, 0.29) is 11.7 Å². The van der Waals surface area contributed by atoms with E-state index in [0.29, 0.717) is 11.4 Å². The number of rotatable bonds is 9. The van der Waals surface area contributed by atoms with Crippen molar-refractivity contribution in [2.24, 2.45) is 0 Å². The van der Waals surface area contributed by atoms with Gasteiger partial charge in [-0.3, -0.25) is 14.4 Å². The number of carbonyl (C=O) groups excluding carboxylic acids is 3. The number of hydrogen-bond acceptors (Lipinski definition) is 6. The number of carbonyl (C=O) groups is 3. The third-order valence-electron chi connectivity index (χ3n) is 3.65. The highest BCUT2D eigenvalue weighted by molar-refractivity contribution is 8.01. The van der Waals surface area contributed by atoms with E-state index in [4.69, 9.17) is 4.74 Å². The smallest absolute Gasteiger partial charge is 0.319 e. The number of amides is 2. The van der Waals surface area contributed by atoms with E-state index >= 15 is 0 Å². The van der Waals surface area contributed by atoms with Crippen LogP contribution >= 0.6 is 23.5 Å². The molecule has 6 nitrogen and oxygen atoms in total. The third-order valence-corrected chi connectivity index (χ3v) is 5.57. The van der Waals surface area contributed by atoms with Crippen LogP contribution in [-0.2, 0) is 19.1 Å². The van der Waals surface area contributed by atoms with E-state index in [2.05, 4.69) is 10.6 Å². The number of benzene rings is 2. The fourth-order valence-electron chi connectivity index (χ4n) is 2.19. The molecule has 154 valence electrons. The first kappa shape index (κ1) is 22.8. The Hall–Kier alpha value is -2.52. The monoisotopic (exact) mass is 436 g/mol. The van der Waals surface area contributed by atoms with Crippen LogP contribution in [0.4, 0.5) is 15.8 Å². The standard InChI is InChI=1S/C20H21FN2O4S2/c1-13(29-12-19(25)22-15-9-7-14(21)8-10-15)20(26)27-11-18(24)23-16-5-3-4-6-17(16)28-2/h3-10,13H,11-12H2,1-2H3,(H,22,25)(H,23,24). The van der Waals surface area contributed by atoms with Crippen molar-refractivity contribution < 1.29 is 23.5 Å².